The number of ether oxygens (including phenoxy) is 2. The Kier molecular flexibility index (Phi) is 8.54. The quantitative estimate of drug-likeness (QED) is 0.376. The number of hydrogen-bond acceptors (Lipinski definition) is 9. The molecule has 14 heteroatoms. The number of rotatable bonds is 9. The number of benzene rings is 1. The van der Waals surface area contributed by atoms with Crippen molar-refractivity contribution >= 4 is 38.5 Å². The molecule has 39 heavy (non-hydrogen) atoms. The van der Waals surface area contributed by atoms with E-state index in [-0.39, 0.29) is 35.4 Å². The van der Waals surface area contributed by atoms with Gasteiger partial charge in [-0.15, -0.1) is 0 Å². The molecule has 4 rings (SSSR count). The Morgan fingerprint density at radius 2 is 2.00 bits per heavy atom. The fourth-order valence-corrected chi connectivity index (χ4v) is 5.53. The van der Waals surface area contributed by atoms with Gasteiger partial charge in [-0.1, -0.05) is 0 Å². The van der Waals surface area contributed by atoms with Crippen LogP contribution in [0.4, 0.5) is 16.3 Å². The van der Waals surface area contributed by atoms with Gasteiger partial charge in [0.2, 0.25) is 10.0 Å². The van der Waals surface area contributed by atoms with Crippen LogP contribution in [0.1, 0.15) is 18.9 Å². The standard InChI is InChI=1S/C25H31N7O6S/c1-30(2)39(35,36)19-6-4-18(5-7-19)28-23-22-21(9-12-27-24(22)33)32(29-23)20-10-13-31(16-17(20)8-11-26)25(34)38-15-14-37-3/h4-7,9,12,17,20H,8,10,13-16H2,1-3H3,(H,27,33)(H,28,29). The number of hydrogen-bond donors (Lipinski definition) is 2. The van der Waals surface area contributed by atoms with E-state index in [9.17, 15) is 23.3 Å². The lowest BCUT2D eigenvalue weighted by atomic mass is 9.90. The molecular formula is C25H31N7O6S. The molecule has 208 valence electrons. The van der Waals surface area contributed by atoms with Crippen LogP contribution in [0.2, 0.25) is 0 Å². The number of nitrogens with one attached hydrogen (secondary N) is 2. The van der Waals surface area contributed by atoms with Crippen molar-refractivity contribution in [3.63, 3.8) is 0 Å². The summed E-state index contributed by atoms with van der Waals surface area (Å²) in [5.41, 5.74) is 0.783. The SMILES string of the molecule is COCCOC(=O)N1CCC(n2nc(Nc3ccc(S(=O)(=O)N(C)C)cc3)c3c(=O)[nH]ccc32)C(CC#N)C1. The lowest BCUT2D eigenvalue weighted by Gasteiger charge is -2.37. The second kappa shape index (κ2) is 11.9. The fraction of sp³-hybridized carbons (Fsp3) is 0.440. The predicted octanol–water partition coefficient (Wildman–Crippen LogP) is 2.28. The molecule has 1 aliphatic rings. The summed E-state index contributed by atoms with van der Waals surface area (Å²) < 4.78 is 37.8. The second-order valence-electron chi connectivity index (χ2n) is 9.33. The van der Waals surface area contributed by atoms with Crippen molar-refractivity contribution in [2.75, 3.05) is 52.8 Å². The molecule has 13 nitrogen and oxygen atoms in total. The van der Waals surface area contributed by atoms with Crippen molar-refractivity contribution in [2.45, 2.75) is 23.8 Å². The van der Waals surface area contributed by atoms with Crippen LogP contribution < -0.4 is 10.9 Å². The van der Waals surface area contributed by atoms with Crippen molar-refractivity contribution in [2.24, 2.45) is 5.92 Å². The average molecular weight is 558 g/mol. The summed E-state index contributed by atoms with van der Waals surface area (Å²) in [6.45, 7) is 1.14. The Bertz CT molecular complexity index is 1520. The predicted molar refractivity (Wildman–Crippen MR) is 143 cm³/mol. The molecule has 0 radical (unpaired) electrons. The van der Waals surface area contributed by atoms with Crippen molar-refractivity contribution in [1.29, 1.82) is 5.26 Å². The lowest BCUT2D eigenvalue weighted by Crippen LogP contribution is -2.45. The Balaban J connectivity index is 1.63. The van der Waals surface area contributed by atoms with Crippen LogP contribution >= 0.6 is 0 Å². The van der Waals surface area contributed by atoms with E-state index in [1.807, 2.05) is 0 Å². The van der Waals surface area contributed by atoms with Gasteiger partial charge in [0.05, 0.1) is 29.1 Å². The number of sulfonamides is 1. The van der Waals surface area contributed by atoms with Crippen LogP contribution in [0, 0.1) is 17.2 Å². The molecule has 2 unspecified atom stereocenters. The van der Waals surface area contributed by atoms with E-state index in [1.165, 1.54) is 39.5 Å². The second-order valence-corrected chi connectivity index (χ2v) is 11.5. The van der Waals surface area contributed by atoms with Crippen LogP contribution in [-0.4, -0.2) is 86.0 Å². The maximum absolute atomic E-state index is 12.9. The number of piperidine rings is 1. The Hall–Kier alpha value is -3.93. The van der Waals surface area contributed by atoms with Gasteiger partial charge in [-0.25, -0.2) is 17.5 Å². The van der Waals surface area contributed by atoms with E-state index >= 15 is 0 Å². The minimum Gasteiger partial charge on any atom is -0.447 e. The molecular weight excluding hydrogens is 526 g/mol. The molecule has 3 heterocycles. The van der Waals surface area contributed by atoms with Crippen molar-refractivity contribution in [1.82, 2.24) is 24.0 Å². The molecule has 1 amide bonds. The summed E-state index contributed by atoms with van der Waals surface area (Å²) in [6.07, 6.45) is 1.76. The molecule has 0 saturated carbocycles. The zero-order valence-corrected chi connectivity index (χ0v) is 22.8. The van der Waals surface area contributed by atoms with E-state index in [2.05, 4.69) is 16.4 Å². The maximum Gasteiger partial charge on any atom is 0.409 e. The minimum atomic E-state index is -3.59. The van der Waals surface area contributed by atoms with Gasteiger partial charge >= 0.3 is 6.09 Å². The number of amides is 1. The Morgan fingerprint density at radius 3 is 2.67 bits per heavy atom. The zero-order valence-electron chi connectivity index (χ0n) is 22.0. The number of pyridine rings is 1. The highest BCUT2D eigenvalue weighted by molar-refractivity contribution is 7.89. The summed E-state index contributed by atoms with van der Waals surface area (Å²) in [7, 11) is 0.856. The number of aromatic amines is 1. The average Bonchev–Trinajstić information content (AvgIpc) is 3.28. The highest BCUT2D eigenvalue weighted by atomic mass is 32.2. The van der Waals surface area contributed by atoms with E-state index in [4.69, 9.17) is 14.6 Å². The third-order valence-electron chi connectivity index (χ3n) is 6.66. The van der Waals surface area contributed by atoms with Gasteiger partial charge in [-0.2, -0.15) is 10.4 Å². The number of fused-ring (bicyclic) bond motifs is 1. The van der Waals surface area contributed by atoms with Gasteiger partial charge in [-0.05, 0) is 36.8 Å². The van der Waals surface area contributed by atoms with Crippen molar-refractivity contribution in [3.05, 3.63) is 46.9 Å². The van der Waals surface area contributed by atoms with Crippen molar-refractivity contribution < 1.29 is 22.7 Å². The number of methoxy groups -OCH3 is 1. The van der Waals surface area contributed by atoms with E-state index in [1.54, 1.807) is 27.8 Å². The summed E-state index contributed by atoms with van der Waals surface area (Å²) in [6, 6.07) is 9.86. The molecule has 2 atom stereocenters. The third kappa shape index (κ3) is 5.90. The molecule has 0 aliphatic carbocycles. The number of likely N-dealkylation sites (tertiary alicyclic amines) is 1. The summed E-state index contributed by atoms with van der Waals surface area (Å²) >= 11 is 0. The molecule has 1 saturated heterocycles. The molecule has 2 aromatic heterocycles. The minimum absolute atomic E-state index is 0.137. The van der Waals surface area contributed by atoms with Crippen LogP contribution in [0.5, 0.6) is 0 Å². The zero-order chi connectivity index (χ0) is 28.2. The highest BCUT2D eigenvalue weighted by Gasteiger charge is 2.35. The number of anilines is 2. The molecule has 2 N–H and O–H groups in total. The fourth-order valence-electron chi connectivity index (χ4n) is 4.63. The molecule has 1 aromatic carbocycles. The maximum atomic E-state index is 12.9. The first-order chi connectivity index (χ1) is 18.7. The first kappa shape index (κ1) is 28.1. The van der Waals surface area contributed by atoms with E-state index in [0.29, 0.717) is 48.5 Å². The van der Waals surface area contributed by atoms with Crippen molar-refractivity contribution in [3.8, 4) is 6.07 Å². The molecule has 0 spiro atoms. The van der Waals surface area contributed by atoms with Gasteiger partial charge in [0.1, 0.15) is 12.0 Å². The van der Waals surface area contributed by atoms with E-state index in [0.717, 1.165) is 4.31 Å². The van der Waals surface area contributed by atoms with Crippen LogP contribution in [0.15, 0.2) is 46.2 Å². The summed E-state index contributed by atoms with van der Waals surface area (Å²) in [5.74, 6) is 0.0525. The number of nitriles is 1. The van der Waals surface area contributed by atoms with Gasteiger partial charge in [0.15, 0.2) is 5.82 Å². The van der Waals surface area contributed by atoms with Gasteiger partial charge in [-0.3, -0.25) is 9.48 Å². The summed E-state index contributed by atoms with van der Waals surface area (Å²) in [5, 5.41) is 17.7. The van der Waals surface area contributed by atoms with E-state index < -0.39 is 16.1 Å². The number of aromatic nitrogens is 3. The molecule has 1 fully saturated rings. The molecule has 0 bridgehead atoms. The molecule has 1 aliphatic heterocycles. The first-order valence-corrected chi connectivity index (χ1v) is 13.8. The normalized spacial score (nSPS) is 17.8. The Labute approximate surface area is 226 Å². The smallest absolute Gasteiger partial charge is 0.409 e. The number of carbonyl (C=O) groups is 1. The van der Waals surface area contributed by atoms with Crippen LogP contribution in [0.3, 0.4) is 0 Å². The van der Waals surface area contributed by atoms with Gasteiger partial charge in [0, 0.05) is 58.5 Å². The van der Waals surface area contributed by atoms with Gasteiger partial charge < -0.3 is 24.7 Å². The highest BCUT2D eigenvalue weighted by Crippen LogP contribution is 2.35. The topological polar surface area (TPSA) is 163 Å². The lowest BCUT2D eigenvalue weighted by molar-refractivity contribution is 0.0516. The Morgan fingerprint density at radius 1 is 1.26 bits per heavy atom. The third-order valence-corrected chi connectivity index (χ3v) is 8.49. The first-order valence-electron chi connectivity index (χ1n) is 12.3. The summed E-state index contributed by atoms with van der Waals surface area (Å²) in [4.78, 5) is 29.7. The largest absolute Gasteiger partial charge is 0.447 e. The van der Waals surface area contributed by atoms with Crippen LogP contribution in [0.25, 0.3) is 10.9 Å². The number of nitrogens with zero attached hydrogens (tertiary/aromatic N) is 5. The number of H-pyrrole nitrogens is 1. The monoisotopic (exact) mass is 557 g/mol. The van der Waals surface area contributed by atoms with Crippen LogP contribution in [-0.2, 0) is 19.5 Å². The van der Waals surface area contributed by atoms with Gasteiger partial charge in [0.25, 0.3) is 5.56 Å². The number of carbonyl (C=O) groups excluding carboxylic acids is 1. The molecule has 3 aromatic rings.